The molecule has 0 bridgehead atoms. The van der Waals surface area contributed by atoms with Crippen LogP contribution in [0.3, 0.4) is 0 Å². The number of aliphatic hydroxyl groups excluding tert-OH is 1. The molecule has 0 spiro atoms. The number of hydrogen-bond acceptors (Lipinski definition) is 4. The lowest BCUT2D eigenvalue weighted by atomic mass is 9.90. The Hall–Kier alpha value is -2.41. The fourth-order valence-electron chi connectivity index (χ4n) is 2.33. The average molecular weight is 331 g/mol. The predicted octanol–water partition coefficient (Wildman–Crippen LogP) is 2.41. The summed E-state index contributed by atoms with van der Waals surface area (Å²) in [6.07, 6.45) is 2.23. The highest BCUT2D eigenvalue weighted by molar-refractivity contribution is 5.89. The Bertz CT molecular complexity index is 692. The Morgan fingerprint density at radius 1 is 1.33 bits per heavy atom. The number of urea groups is 1. The molecular weight excluding hydrogens is 306 g/mol. The molecule has 2 heterocycles. The van der Waals surface area contributed by atoms with Gasteiger partial charge in [-0.1, -0.05) is 13.8 Å². The molecule has 130 valence electrons. The van der Waals surface area contributed by atoms with Crippen molar-refractivity contribution in [1.82, 2.24) is 20.1 Å². The van der Waals surface area contributed by atoms with Crippen molar-refractivity contribution in [3.63, 3.8) is 0 Å². The van der Waals surface area contributed by atoms with E-state index in [1.807, 2.05) is 39.8 Å². The number of nitrogens with zero attached hydrogens (tertiary/aromatic N) is 3. The Morgan fingerprint density at radius 2 is 2.08 bits per heavy atom. The second kappa shape index (κ2) is 7.44. The molecule has 0 aliphatic carbocycles. The molecule has 0 unspecified atom stereocenters. The van der Waals surface area contributed by atoms with E-state index >= 15 is 0 Å². The second-order valence-electron chi connectivity index (χ2n) is 6.69. The van der Waals surface area contributed by atoms with E-state index in [0.717, 1.165) is 11.4 Å². The quantitative estimate of drug-likeness (QED) is 0.758. The normalized spacial score (nSPS) is 11.4. The molecule has 0 radical (unpaired) electrons. The molecule has 2 amide bonds. The highest BCUT2D eigenvalue weighted by Crippen LogP contribution is 2.18. The summed E-state index contributed by atoms with van der Waals surface area (Å²) < 4.78 is 1.76. The first-order chi connectivity index (χ1) is 11.3. The van der Waals surface area contributed by atoms with E-state index < -0.39 is 0 Å². The van der Waals surface area contributed by atoms with Gasteiger partial charge >= 0.3 is 6.03 Å². The topological polar surface area (TPSA) is 92.1 Å². The highest BCUT2D eigenvalue weighted by Gasteiger charge is 2.18. The van der Waals surface area contributed by atoms with Gasteiger partial charge in [-0.05, 0) is 43.9 Å². The molecule has 0 aliphatic rings. The van der Waals surface area contributed by atoms with Crippen molar-refractivity contribution >= 4 is 11.7 Å². The minimum absolute atomic E-state index is 0.105. The number of hydrogen-bond donors (Lipinski definition) is 3. The van der Waals surface area contributed by atoms with Crippen LogP contribution < -0.4 is 10.6 Å². The van der Waals surface area contributed by atoms with Gasteiger partial charge in [0.25, 0.3) is 0 Å². The fourth-order valence-corrected chi connectivity index (χ4v) is 2.33. The number of pyridine rings is 1. The molecule has 7 heteroatoms. The smallest absolute Gasteiger partial charge is 0.319 e. The van der Waals surface area contributed by atoms with Crippen LogP contribution in [0.25, 0.3) is 5.82 Å². The van der Waals surface area contributed by atoms with Crippen LogP contribution >= 0.6 is 0 Å². The standard InChI is InChI=1S/C17H25N5O2/c1-12-9-13(2)22(21-12)15-6-5-14(10-18-15)20-16(24)19-11-17(3,4)7-8-23/h5-6,9-10,23H,7-8,11H2,1-4H3,(H2,19,20,24). The molecule has 0 fully saturated rings. The third-order valence-corrected chi connectivity index (χ3v) is 3.75. The summed E-state index contributed by atoms with van der Waals surface area (Å²) in [6, 6.07) is 5.29. The van der Waals surface area contributed by atoms with Gasteiger partial charge in [-0.15, -0.1) is 0 Å². The first-order valence-corrected chi connectivity index (χ1v) is 7.96. The van der Waals surface area contributed by atoms with E-state index in [2.05, 4.69) is 20.7 Å². The van der Waals surface area contributed by atoms with Crippen LogP contribution in [0.2, 0.25) is 0 Å². The van der Waals surface area contributed by atoms with Crippen LogP contribution in [0.1, 0.15) is 31.7 Å². The molecule has 2 aromatic rings. The van der Waals surface area contributed by atoms with Crippen molar-refractivity contribution in [2.45, 2.75) is 34.1 Å². The largest absolute Gasteiger partial charge is 0.396 e. The Labute approximate surface area is 142 Å². The SMILES string of the molecule is Cc1cc(C)n(-c2ccc(NC(=O)NCC(C)(C)CCO)cn2)n1. The number of anilines is 1. The fraction of sp³-hybridized carbons (Fsp3) is 0.471. The summed E-state index contributed by atoms with van der Waals surface area (Å²) in [7, 11) is 0. The first-order valence-electron chi connectivity index (χ1n) is 7.96. The number of aliphatic hydroxyl groups is 1. The van der Waals surface area contributed by atoms with Crippen LogP contribution in [0.15, 0.2) is 24.4 Å². The molecule has 0 aromatic carbocycles. The molecule has 24 heavy (non-hydrogen) atoms. The lowest BCUT2D eigenvalue weighted by molar-refractivity contribution is 0.204. The maximum atomic E-state index is 11.9. The minimum atomic E-state index is -0.290. The zero-order chi connectivity index (χ0) is 17.7. The predicted molar refractivity (Wildman–Crippen MR) is 93.3 cm³/mol. The monoisotopic (exact) mass is 331 g/mol. The van der Waals surface area contributed by atoms with Crippen molar-refractivity contribution in [1.29, 1.82) is 0 Å². The number of carbonyl (C=O) groups excluding carboxylic acids is 1. The van der Waals surface area contributed by atoms with Crippen molar-refractivity contribution < 1.29 is 9.90 Å². The highest BCUT2D eigenvalue weighted by atomic mass is 16.3. The zero-order valence-corrected chi connectivity index (χ0v) is 14.6. The Balaban J connectivity index is 1.94. The lowest BCUT2D eigenvalue weighted by Crippen LogP contribution is -2.37. The van der Waals surface area contributed by atoms with E-state index in [9.17, 15) is 4.79 Å². The summed E-state index contributed by atoms with van der Waals surface area (Å²) in [5, 5.41) is 18.9. The third-order valence-electron chi connectivity index (χ3n) is 3.75. The number of carbonyl (C=O) groups is 1. The zero-order valence-electron chi connectivity index (χ0n) is 14.6. The molecule has 0 aliphatic heterocycles. The summed E-state index contributed by atoms with van der Waals surface area (Å²) >= 11 is 0. The summed E-state index contributed by atoms with van der Waals surface area (Å²) in [6.45, 7) is 8.48. The summed E-state index contributed by atoms with van der Waals surface area (Å²) in [5.74, 6) is 0.704. The molecule has 0 atom stereocenters. The van der Waals surface area contributed by atoms with Gasteiger partial charge in [-0.3, -0.25) is 0 Å². The molecule has 2 rings (SSSR count). The van der Waals surface area contributed by atoms with Crippen molar-refractivity contribution in [3.8, 4) is 5.82 Å². The number of aromatic nitrogens is 3. The van der Waals surface area contributed by atoms with Gasteiger partial charge in [0.05, 0.1) is 17.6 Å². The first kappa shape index (κ1) is 17.9. The summed E-state index contributed by atoms with van der Waals surface area (Å²) in [5.41, 5.74) is 2.40. The van der Waals surface area contributed by atoms with Gasteiger partial charge in [-0.25, -0.2) is 14.5 Å². The van der Waals surface area contributed by atoms with Gasteiger partial charge in [0.1, 0.15) is 0 Å². The number of nitrogens with one attached hydrogen (secondary N) is 2. The Morgan fingerprint density at radius 3 is 2.62 bits per heavy atom. The van der Waals surface area contributed by atoms with E-state index in [1.165, 1.54) is 0 Å². The molecular formula is C17H25N5O2. The maximum absolute atomic E-state index is 11.9. The van der Waals surface area contributed by atoms with Gasteiger partial charge in [-0.2, -0.15) is 5.10 Å². The molecule has 7 nitrogen and oxygen atoms in total. The minimum Gasteiger partial charge on any atom is -0.396 e. The van der Waals surface area contributed by atoms with Crippen molar-refractivity contribution in [2.75, 3.05) is 18.5 Å². The van der Waals surface area contributed by atoms with Crippen LogP contribution in [0, 0.1) is 19.3 Å². The van der Waals surface area contributed by atoms with E-state index in [4.69, 9.17) is 5.11 Å². The number of aryl methyl sites for hydroxylation is 2. The van der Waals surface area contributed by atoms with Crippen LogP contribution in [0.5, 0.6) is 0 Å². The third kappa shape index (κ3) is 4.79. The molecule has 0 saturated carbocycles. The van der Waals surface area contributed by atoms with E-state index in [0.29, 0.717) is 24.5 Å². The lowest BCUT2D eigenvalue weighted by Gasteiger charge is -2.23. The average Bonchev–Trinajstić information content (AvgIpc) is 2.85. The molecule has 2 aromatic heterocycles. The van der Waals surface area contributed by atoms with Gasteiger partial charge in [0, 0.05) is 18.8 Å². The second-order valence-corrected chi connectivity index (χ2v) is 6.69. The maximum Gasteiger partial charge on any atom is 0.319 e. The number of amides is 2. The van der Waals surface area contributed by atoms with Crippen LogP contribution in [0.4, 0.5) is 10.5 Å². The van der Waals surface area contributed by atoms with Crippen molar-refractivity contribution in [3.05, 3.63) is 35.8 Å². The summed E-state index contributed by atoms with van der Waals surface area (Å²) in [4.78, 5) is 16.3. The van der Waals surface area contributed by atoms with E-state index in [-0.39, 0.29) is 18.1 Å². The van der Waals surface area contributed by atoms with Crippen molar-refractivity contribution in [2.24, 2.45) is 5.41 Å². The Kier molecular flexibility index (Phi) is 5.56. The number of rotatable bonds is 6. The molecule has 3 N–H and O–H groups in total. The molecule has 0 saturated heterocycles. The van der Waals surface area contributed by atoms with Crippen LogP contribution in [-0.2, 0) is 0 Å². The van der Waals surface area contributed by atoms with Gasteiger partial charge in [0.15, 0.2) is 5.82 Å². The van der Waals surface area contributed by atoms with E-state index in [1.54, 1.807) is 16.9 Å². The van der Waals surface area contributed by atoms with Gasteiger partial charge in [0.2, 0.25) is 0 Å². The van der Waals surface area contributed by atoms with Crippen LogP contribution in [-0.4, -0.2) is 39.1 Å². The van der Waals surface area contributed by atoms with Gasteiger partial charge < -0.3 is 15.7 Å².